The van der Waals surface area contributed by atoms with E-state index in [4.69, 9.17) is 4.74 Å². The number of benzene rings is 2. The Bertz CT molecular complexity index is 897. The Kier molecular flexibility index (Phi) is 5.83. The van der Waals surface area contributed by atoms with Gasteiger partial charge in [0, 0.05) is 12.1 Å². The summed E-state index contributed by atoms with van der Waals surface area (Å²) >= 11 is 0. The molecule has 1 unspecified atom stereocenters. The number of carbonyl (C=O) groups is 2. The van der Waals surface area contributed by atoms with E-state index in [9.17, 15) is 14.7 Å². The van der Waals surface area contributed by atoms with Gasteiger partial charge in [-0.2, -0.15) is 0 Å². The fraction of sp³-hybridized carbons (Fsp3) is 0.304. The first-order valence-corrected chi connectivity index (χ1v) is 9.47. The van der Waals surface area contributed by atoms with Crippen LogP contribution in [0.15, 0.2) is 54.1 Å². The lowest BCUT2D eigenvalue weighted by molar-refractivity contribution is -0.139. The molecule has 0 bridgehead atoms. The number of nitrogens with zero attached hydrogens (tertiary/aromatic N) is 1. The number of rotatable bonds is 6. The number of Topliss-reactive ketones (excluding diaryl/α,β-unsaturated/α-hetero) is 1. The van der Waals surface area contributed by atoms with Crippen LogP contribution in [0.1, 0.15) is 42.5 Å². The predicted molar refractivity (Wildman–Crippen MR) is 108 cm³/mol. The average Bonchev–Trinajstić information content (AvgIpc) is 2.97. The molecule has 2 aromatic carbocycles. The Hall–Kier alpha value is -3.08. The van der Waals surface area contributed by atoms with Crippen molar-refractivity contribution in [2.75, 3.05) is 13.7 Å². The lowest BCUT2D eigenvalue weighted by Gasteiger charge is -2.25. The highest BCUT2D eigenvalue weighted by atomic mass is 16.5. The van der Waals surface area contributed by atoms with Gasteiger partial charge < -0.3 is 14.7 Å². The van der Waals surface area contributed by atoms with E-state index in [0.717, 1.165) is 24.0 Å². The lowest BCUT2D eigenvalue weighted by atomic mass is 9.94. The van der Waals surface area contributed by atoms with E-state index in [2.05, 4.69) is 0 Å². The van der Waals surface area contributed by atoms with Crippen LogP contribution in [0.3, 0.4) is 0 Å². The smallest absolute Gasteiger partial charge is 0.295 e. The molecule has 1 fully saturated rings. The Morgan fingerprint density at radius 2 is 1.71 bits per heavy atom. The molecule has 3 rings (SSSR count). The van der Waals surface area contributed by atoms with E-state index in [1.54, 1.807) is 36.3 Å². The topological polar surface area (TPSA) is 66.8 Å². The molecule has 1 saturated heterocycles. The standard InChI is InChI=1S/C23H25NO4/c1-4-5-14-24-20(16-8-6-15(2)7-9-16)19(22(26)23(24)27)21(25)17-10-12-18(28-3)13-11-17/h6-13,20,25H,4-5,14H2,1-3H3. The fourth-order valence-corrected chi connectivity index (χ4v) is 3.44. The van der Waals surface area contributed by atoms with Crippen LogP contribution in [0.2, 0.25) is 0 Å². The van der Waals surface area contributed by atoms with Gasteiger partial charge in [0.2, 0.25) is 0 Å². The van der Waals surface area contributed by atoms with Crippen molar-refractivity contribution >= 4 is 17.4 Å². The largest absolute Gasteiger partial charge is 0.507 e. The Balaban J connectivity index is 2.12. The fourth-order valence-electron chi connectivity index (χ4n) is 3.44. The highest BCUT2D eigenvalue weighted by Gasteiger charge is 2.45. The molecule has 0 saturated carbocycles. The number of carbonyl (C=O) groups excluding carboxylic acids is 2. The van der Waals surface area contributed by atoms with E-state index >= 15 is 0 Å². The van der Waals surface area contributed by atoms with Gasteiger partial charge in [0.05, 0.1) is 18.7 Å². The molecule has 0 aromatic heterocycles. The molecule has 5 nitrogen and oxygen atoms in total. The Morgan fingerprint density at radius 3 is 2.29 bits per heavy atom. The minimum atomic E-state index is -0.644. The molecule has 146 valence electrons. The summed E-state index contributed by atoms with van der Waals surface area (Å²) in [6.07, 6.45) is 1.69. The second kappa shape index (κ2) is 8.30. The number of unbranched alkanes of at least 4 members (excludes halogenated alkanes) is 1. The number of aryl methyl sites for hydroxylation is 1. The zero-order valence-corrected chi connectivity index (χ0v) is 16.4. The molecule has 0 spiro atoms. The zero-order valence-electron chi connectivity index (χ0n) is 16.4. The summed E-state index contributed by atoms with van der Waals surface area (Å²) in [5.74, 6) is -0.718. The van der Waals surface area contributed by atoms with E-state index in [1.165, 1.54) is 0 Å². The summed E-state index contributed by atoms with van der Waals surface area (Å²) in [4.78, 5) is 27.1. The first kappa shape index (κ1) is 19.7. The van der Waals surface area contributed by atoms with Crippen LogP contribution >= 0.6 is 0 Å². The number of aliphatic hydroxyl groups is 1. The summed E-state index contributed by atoms with van der Waals surface area (Å²) in [5, 5.41) is 10.9. The van der Waals surface area contributed by atoms with E-state index in [1.807, 2.05) is 38.1 Å². The number of methoxy groups -OCH3 is 1. The molecule has 2 aromatic rings. The number of ketones is 1. The molecule has 1 amide bonds. The normalized spacial score (nSPS) is 18.5. The number of amides is 1. The van der Waals surface area contributed by atoms with Gasteiger partial charge in [-0.15, -0.1) is 0 Å². The summed E-state index contributed by atoms with van der Waals surface area (Å²) < 4.78 is 5.15. The molecule has 1 N–H and O–H groups in total. The molecule has 1 aliphatic heterocycles. The van der Waals surface area contributed by atoms with Gasteiger partial charge in [-0.25, -0.2) is 0 Å². The van der Waals surface area contributed by atoms with Crippen molar-refractivity contribution in [2.45, 2.75) is 32.7 Å². The van der Waals surface area contributed by atoms with Gasteiger partial charge in [0.15, 0.2) is 0 Å². The second-order valence-electron chi connectivity index (χ2n) is 6.99. The van der Waals surface area contributed by atoms with Gasteiger partial charge in [-0.05, 0) is 43.2 Å². The maximum Gasteiger partial charge on any atom is 0.295 e. The SMILES string of the molecule is CCCCN1C(=O)C(=O)C(=C(O)c2ccc(OC)cc2)C1c1ccc(C)cc1. The number of aliphatic hydroxyl groups excluding tert-OH is 1. The molecule has 28 heavy (non-hydrogen) atoms. The zero-order chi connectivity index (χ0) is 20.3. The van der Waals surface area contributed by atoms with Gasteiger partial charge >= 0.3 is 0 Å². The number of likely N-dealkylation sites (tertiary alicyclic amines) is 1. The molecule has 5 heteroatoms. The van der Waals surface area contributed by atoms with Crippen LogP contribution in [-0.2, 0) is 9.59 Å². The molecule has 1 aliphatic rings. The third-order valence-electron chi connectivity index (χ3n) is 5.05. The van der Waals surface area contributed by atoms with Crippen LogP contribution in [-0.4, -0.2) is 35.4 Å². The second-order valence-corrected chi connectivity index (χ2v) is 6.99. The van der Waals surface area contributed by atoms with Crippen molar-refractivity contribution in [3.63, 3.8) is 0 Å². The molecule has 0 aliphatic carbocycles. The summed E-state index contributed by atoms with van der Waals surface area (Å²) in [6, 6.07) is 13.9. The summed E-state index contributed by atoms with van der Waals surface area (Å²) in [5.41, 5.74) is 2.52. The third kappa shape index (κ3) is 3.65. The first-order chi connectivity index (χ1) is 13.5. The van der Waals surface area contributed by atoms with Crippen LogP contribution in [0, 0.1) is 6.92 Å². The predicted octanol–water partition coefficient (Wildman–Crippen LogP) is 4.23. The number of ether oxygens (including phenoxy) is 1. The van der Waals surface area contributed by atoms with Crippen LogP contribution < -0.4 is 4.74 Å². The van der Waals surface area contributed by atoms with E-state index in [-0.39, 0.29) is 11.3 Å². The summed E-state index contributed by atoms with van der Waals surface area (Å²) in [7, 11) is 1.56. The van der Waals surface area contributed by atoms with Gasteiger partial charge in [0.25, 0.3) is 11.7 Å². The highest BCUT2D eigenvalue weighted by Crippen LogP contribution is 2.39. The average molecular weight is 379 g/mol. The van der Waals surface area contributed by atoms with Crippen LogP contribution in [0.4, 0.5) is 0 Å². The quantitative estimate of drug-likeness (QED) is 0.463. The Labute approximate surface area is 165 Å². The molecule has 1 heterocycles. The minimum Gasteiger partial charge on any atom is -0.507 e. The monoisotopic (exact) mass is 379 g/mol. The van der Waals surface area contributed by atoms with Crippen molar-refractivity contribution in [2.24, 2.45) is 0 Å². The van der Waals surface area contributed by atoms with Gasteiger partial charge in [-0.3, -0.25) is 9.59 Å². The molecule has 0 radical (unpaired) electrons. The van der Waals surface area contributed by atoms with Crippen molar-refractivity contribution in [1.82, 2.24) is 4.90 Å². The van der Waals surface area contributed by atoms with Gasteiger partial charge in [0.1, 0.15) is 11.5 Å². The highest BCUT2D eigenvalue weighted by molar-refractivity contribution is 6.46. The maximum absolute atomic E-state index is 12.8. The summed E-state index contributed by atoms with van der Waals surface area (Å²) in [6.45, 7) is 4.49. The molecular weight excluding hydrogens is 354 g/mol. The van der Waals surface area contributed by atoms with Crippen molar-refractivity contribution in [1.29, 1.82) is 0 Å². The first-order valence-electron chi connectivity index (χ1n) is 9.47. The van der Waals surface area contributed by atoms with E-state index in [0.29, 0.717) is 17.9 Å². The number of hydrogen-bond donors (Lipinski definition) is 1. The van der Waals surface area contributed by atoms with Crippen molar-refractivity contribution in [3.8, 4) is 5.75 Å². The maximum atomic E-state index is 12.8. The van der Waals surface area contributed by atoms with Crippen molar-refractivity contribution < 1.29 is 19.4 Å². The van der Waals surface area contributed by atoms with E-state index < -0.39 is 17.7 Å². The van der Waals surface area contributed by atoms with Gasteiger partial charge in [-0.1, -0.05) is 43.2 Å². The molecular formula is C23H25NO4. The van der Waals surface area contributed by atoms with Crippen LogP contribution in [0.25, 0.3) is 5.76 Å². The van der Waals surface area contributed by atoms with Crippen LogP contribution in [0.5, 0.6) is 5.75 Å². The Morgan fingerprint density at radius 1 is 1.07 bits per heavy atom. The number of hydrogen-bond acceptors (Lipinski definition) is 4. The molecule has 1 atom stereocenters. The lowest BCUT2D eigenvalue weighted by Crippen LogP contribution is -2.30. The van der Waals surface area contributed by atoms with Crippen molar-refractivity contribution in [3.05, 3.63) is 70.8 Å². The minimum absolute atomic E-state index is 0.134. The third-order valence-corrected chi connectivity index (χ3v) is 5.05.